The molecule has 0 spiro atoms. The number of aromatic nitrogens is 3. The highest BCUT2D eigenvalue weighted by Crippen LogP contribution is 2.29. The monoisotopic (exact) mass is 517 g/mol. The maximum atomic E-state index is 13.2. The summed E-state index contributed by atoms with van der Waals surface area (Å²) in [5, 5.41) is 9.28. The molecule has 0 atom stereocenters. The molecule has 1 aliphatic rings. The molecule has 2 heterocycles. The van der Waals surface area contributed by atoms with E-state index in [1.54, 1.807) is 35.0 Å². The highest BCUT2D eigenvalue weighted by atomic mass is 35.5. The average Bonchev–Trinajstić information content (AvgIpc) is 3.22. The van der Waals surface area contributed by atoms with Crippen molar-refractivity contribution in [2.75, 3.05) is 31.0 Å². The quantitative estimate of drug-likeness (QED) is 0.499. The molecule has 10 heteroatoms. The van der Waals surface area contributed by atoms with Gasteiger partial charge in [0.1, 0.15) is 5.69 Å². The van der Waals surface area contributed by atoms with Crippen LogP contribution in [0.15, 0.2) is 47.4 Å². The minimum Gasteiger partial charge on any atom is -0.379 e. The van der Waals surface area contributed by atoms with Crippen molar-refractivity contribution in [3.05, 3.63) is 64.4 Å². The molecule has 0 aliphatic carbocycles. The Balaban J connectivity index is 1.66. The van der Waals surface area contributed by atoms with E-state index in [4.69, 9.17) is 16.3 Å². The summed E-state index contributed by atoms with van der Waals surface area (Å²) in [4.78, 5) is 2.47. The van der Waals surface area contributed by atoms with E-state index in [1.807, 2.05) is 19.1 Å². The summed E-state index contributed by atoms with van der Waals surface area (Å²) in [6.45, 7) is 12.0. The van der Waals surface area contributed by atoms with Gasteiger partial charge in [0.15, 0.2) is 0 Å². The number of hydrogen-bond donors (Lipinski definition) is 1. The zero-order chi connectivity index (χ0) is 25.2. The third-order valence-corrected chi connectivity index (χ3v) is 7.74. The van der Waals surface area contributed by atoms with Crippen molar-refractivity contribution in [3.8, 4) is 5.69 Å². The summed E-state index contributed by atoms with van der Waals surface area (Å²) in [7, 11) is -3.83. The first-order valence-corrected chi connectivity index (χ1v) is 13.6. The molecule has 8 nitrogen and oxygen atoms in total. The number of morpholine rings is 1. The fourth-order valence-corrected chi connectivity index (χ4v) is 5.32. The molecular formula is C25H32ClN5O3S. The highest BCUT2D eigenvalue weighted by Gasteiger charge is 2.22. The van der Waals surface area contributed by atoms with Crippen LogP contribution in [0.2, 0.25) is 5.02 Å². The lowest BCUT2D eigenvalue weighted by molar-refractivity contribution is 0.0335. The molecule has 0 unspecified atom stereocenters. The van der Waals surface area contributed by atoms with E-state index < -0.39 is 10.0 Å². The van der Waals surface area contributed by atoms with Crippen molar-refractivity contribution in [2.45, 2.75) is 51.0 Å². The molecule has 35 heavy (non-hydrogen) atoms. The number of anilines is 1. The van der Waals surface area contributed by atoms with Gasteiger partial charge in [-0.15, -0.1) is 5.10 Å². The van der Waals surface area contributed by atoms with Gasteiger partial charge in [0.2, 0.25) is 0 Å². The van der Waals surface area contributed by atoms with Crippen LogP contribution in [0.4, 0.5) is 5.69 Å². The SMILES string of the molecule is CCc1c(CN2CCOCC2)nnn1-c1cc(Cl)ccc1NS(=O)(=O)c1ccc(C(C)(C)C)cc1. The van der Waals surface area contributed by atoms with E-state index in [2.05, 4.69) is 40.7 Å². The molecule has 0 bridgehead atoms. The Kier molecular flexibility index (Phi) is 7.51. The average molecular weight is 518 g/mol. The van der Waals surface area contributed by atoms with E-state index in [0.717, 1.165) is 30.0 Å². The predicted octanol–water partition coefficient (Wildman–Crippen LogP) is 4.41. The number of sulfonamides is 1. The number of nitrogens with one attached hydrogen (secondary N) is 1. The van der Waals surface area contributed by atoms with Gasteiger partial charge < -0.3 is 4.74 Å². The lowest BCUT2D eigenvalue weighted by atomic mass is 9.87. The van der Waals surface area contributed by atoms with Crippen LogP contribution in [-0.2, 0) is 33.1 Å². The number of nitrogens with zero attached hydrogens (tertiary/aromatic N) is 4. The van der Waals surface area contributed by atoms with E-state index in [-0.39, 0.29) is 10.3 Å². The Hall–Kier alpha value is -2.46. The van der Waals surface area contributed by atoms with Crippen LogP contribution in [0, 0.1) is 0 Å². The molecule has 1 fully saturated rings. The molecule has 0 amide bonds. The Morgan fingerprint density at radius 1 is 1.09 bits per heavy atom. The van der Waals surface area contributed by atoms with Crippen molar-refractivity contribution in [3.63, 3.8) is 0 Å². The second-order valence-electron chi connectivity index (χ2n) is 9.68. The number of benzene rings is 2. The van der Waals surface area contributed by atoms with Gasteiger partial charge in [-0.25, -0.2) is 13.1 Å². The minimum absolute atomic E-state index is 0.0678. The fraction of sp³-hybridized carbons (Fsp3) is 0.440. The molecular weight excluding hydrogens is 486 g/mol. The van der Waals surface area contributed by atoms with Gasteiger partial charge in [0.05, 0.1) is 35.2 Å². The third-order valence-electron chi connectivity index (χ3n) is 6.12. The number of halogens is 1. The molecule has 1 N–H and O–H groups in total. The molecule has 3 aromatic rings. The zero-order valence-corrected chi connectivity index (χ0v) is 22.2. The van der Waals surface area contributed by atoms with Gasteiger partial charge in [-0.2, -0.15) is 0 Å². The van der Waals surface area contributed by atoms with E-state index in [0.29, 0.717) is 42.6 Å². The summed E-state index contributed by atoms with van der Waals surface area (Å²) in [5.41, 5.74) is 3.68. The first kappa shape index (κ1) is 25.6. The second-order valence-corrected chi connectivity index (χ2v) is 11.8. The molecule has 1 saturated heterocycles. The number of ether oxygens (including phenoxy) is 1. The van der Waals surface area contributed by atoms with Gasteiger partial charge >= 0.3 is 0 Å². The van der Waals surface area contributed by atoms with Crippen LogP contribution in [0.25, 0.3) is 5.69 Å². The van der Waals surface area contributed by atoms with Crippen LogP contribution in [0.1, 0.15) is 44.6 Å². The molecule has 4 rings (SSSR count). The molecule has 1 aromatic heterocycles. The summed E-state index contributed by atoms with van der Waals surface area (Å²) < 4.78 is 36.3. The fourth-order valence-electron chi connectivity index (χ4n) is 4.08. The van der Waals surface area contributed by atoms with Crippen molar-refractivity contribution < 1.29 is 13.2 Å². The van der Waals surface area contributed by atoms with Crippen molar-refractivity contribution in [1.29, 1.82) is 0 Å². The Morgan fingerprint density at radius 3 is 2.40 bits per heavy atom. The topological polar surface area (TPSA) is 89.3 Å². The Labute approximate surface area is 212 Å². The number of rotatable bonds is 7. The van der Waals surface area contributed by atoms with Gasteiger partial charge in [0.25, 0.3) is 10.0 Å². The predicted molar refractivity (Wildman–Crippen MR) is 138 cm³/mol. The highest BCUT2D eigenvalue weighted by molar-refractivity contribution is 7.92. The molecule has 0 saturated carbocycles. The summed E-state index contributed by atoms with van der Waals surface area (Å²) in [6, 6.07) is 12.0. The Morgan fingerprint density at radius 2 is 1.77 bits per heavy atom. The van der Waals surface area contributed by atoms with Gasteiger partial charge in [-0.3, -0.25) is 9.62 Å². The number of hydrogen-bond acceptors (Lipinski definition) is 6. The first-order valence-electron chi connectivity index (χ1n) is 11.8. The van der Waals surface area contributed by atoms with Crippen LogP contribution >= 0.6 is 11.6 Å². The van der Waals surface area contributed by atoms with Crippen molar-refractivity contribution >= 4 is 27.3 Å². The molecule has 2 aromatic carbocycles. The van der Waals surface area contributed by atoms with E-state index in [1.165, 1.54) is 0 Å². The molecule has 1 aliphatic heterocycles. The van der Waals surface area contributed by atoms with E-state index >= 15 is 0 Å². The standard InChI is InChI=1S/C25H32ClN5O3S/c1-5-23-22(17-30-12-14-34-15-13-30)27-29-31(23)24-16-19(26)8-11-21(24)28-35(32,33)20-9-6-18(7-10-20)25(2,3)4/h6-11,16,28H,5,12-15,17H2,1-4H3. The largest absolute Gasteiger partial charge is 0.379 e. The van der Waals surface area contributed by atoms with Gasteiger partial charge in [-0.1, -0.05) is 56.6 Å². The maximum Gasteiger partial charge on any atom is 0.261 e. The van der Waals surface area contributed by atoms with Crippen LogP contribution in [0.3, 0.4) is 0 Å². The summed E-state index contributed by atoms with van der Waals surface area (Å²) in [5.74, 6) is 0. The second kappa shape index (κ2) is 10.3. The molecule has 0 radical (unpaired) electrons. The van der Waals surface area contributed by atoms with Gasteiger partial charge in [0, 0.05) is 24.7 Å². The smallest absolute Gasteiger partial charge is 0.261 e. The van der Waals surface area contributed by atoms with E-state index in [9.17, 15) is 8.42 Å². The summed E-state index contributed by atoms with van der Waals surface area (Å²) >= 11 is 6.31. The maximum absolute atomic E-state index is 13.2. The van der Waals surface area contributed by atoms with Crippen molar-refractivity contribution in [2.24, 2.45) is 0 Å². The zero-order valence-electron chi connectivity index (χ0n) is 20.6. The minimum atomic E-state index is -3.83. The lowest BCUT2D eigenvalue weighted by Gasteiger charge is -2.25. The molecule has 188 valence electrons. The third kappa shape index (κ3) is 5.86. The van der Waals surface area contributed by atoms with Crippen LogP contribution < -0.4 is 4.72 Å². The normalized spacial score (nSPS) is 15.3. The van der Waals surface area contributed by atoms with Gasteiger partial charge in [-0.05, 0) is 47.7 Å². The van der Waals surface area contributed by atoms with Crippen LogP contribution in [-0.4, -0.2) is 54.6 Å². The lowest BCUT2D eigenvalue weighted by Crippen LogP contribution is -2.36. The Bertz CT molecular complexity index is 1280. The first-order chi connectivity index (χ1) is 16.6. The van der Waals surface area contributed by atoms with Crippen LogP contribution in [0.5, 0.6) is 0 Å². The van der Waals surface area contributed by atoms with Crippen molar-refractivity contribution in [1.82, 2.24) is 19.9 Å². The summed E-state index contributed by atoms with van der Waals surface area (Å²) in [6.07, 6.45) is 0.680.